The minimum Gasteiger partial charge on any atom is -0.493 e. The van der Waals surface area contributed by atoms with Crippen molar-refractivity contribution >= 4 is 15.7 Å². The molecule has 0 spiro atoms. The van der Waals surface area contributed by atoms with E-state index in [1.165, 1.54) is 12.8 Å². The van der Waals surface area contributed by atoms with Crippen LogP contribution in [0.3, 0.4) is 0 Å². The molecule has 6 nitrogen and oxygen atoms in total. The molecule has 1 amide bonds. The van der Waals surface area contributed by atoms with E-state index < -0.39 is 9.84 Å². The van der Waals surface area contributed by atoms with Crippen LogP contribution in [0.1, 0.15) is 39.0 Å². The summed E-state index contributed by atoms with van der Waals surface area (Å²) >= 11 is 0. The van der Waals surface area contributed by atoms with Crippen LogP contribution in [-0.4, -0.2) is 45.1 Å². The van der Waals surface area contributed by atoms with E-state index in [1.807, 2.05) is 12.1 Å². The molecule has 0 saturated carbocycles. The Balaban J connectivity index is 1.71. The van der Waals surface area contributed by atoms with E-state index in [9.17, 15) is 13.2 Å². The molecule has 0 radical (unpaired) electrons. The first kappa shape index (κ1) is 19.6. The molecule has 1 aliphatic heterocycles. The Morgan fingerprint density at radius 2 is 1.96 bits per heavy atom. The lowest BCUT2D eigenvalue weighted by molar-refractivity contribution is -0.123. The van der Waals surface area contributed by atoms with Crippen molar-refractivity contribution in [1.29, 1.82) is 0 Å². The Kier molecular flexibility index (Phi) is 7.55. The van der Waals surface area contributed by atoms with E-state index in [-0.39, 0.29) is 30.1 Å². The molecule has 2 rings (SSSR count). The lowest BCUT2D eigenvalue weighted by Crippen LogP contribution is -2.38. The summed E-state index contributed by atoms with van der Waals surface area (Å²) < 4.78 is 33.9. The first-order valence-corrected chi connectivity index (χ1v) is 10.7. The van der Waals surface area contributed by atoms with Gasteiger partial charge in [-0.1, -0.05) is 32.3 Å². The highest BCUT2D eigenvalue weighted by atomic mass is 32.2. The van der Waals surface area contributed by atoms with Crippen LogP contribution >= 0.6 is 0 Å². The Morgan fingerprint density at radius 3 is 2.64 bits per heavy atom. The summed E-state index contributed by atoms with van der Waals surface area (Å²) in [5.74, 6) is 1.11. The van der Waals surface area contributed by atoms with Crippen molar-refractivity contribution in [1.82, 2.24) is 5.32 Å². The number of carbonyl (C=O) groups excluding carboxylic acids is 1. The van der Waals surface area contributed by atoms with Gasteiger partial charge in [0, 0.05) is 12.1 Å². The quantitative estimate of drug-likeness (QED) is 0.640. The van der Waals surface area contributed by atoms with E-state index >= 15 is 0 Å². The van der Waals surface area contributed by atoms with Crippen LogP contribution in [-0.2, 0) is 14.6 Å². The Labute approximate surface area is 149 Å². The monoisotopic (exact) mass is 369 g/mol. The molecule has 25 heavy (non-hydrogen) atoms. The highest BCUT2D eigenvalue weighted by molar-refractivity contribution is 7.91. The summed E-state index contributed by atoms with van der Waals surface area (Å²) in [6.07, 6.45) is 5.05. The van der Waals surface area contributed by atoms with Crippen LogP contribution in [0.5, 0.6) is 11.5 Å². The van der Waals surface area contributed by atoms with Crippen LogP contribution in [0.25, 0.3) is 0 Å². The van der Waals surface area contributed by atoms with Crippen molar-refractivity contribution in [3.8, 4) is 11.5 Å². The number of rotatable bonds is 10. The highest BCUT2D eigenvalue weighted by Gasteiger charge is 2.28. The van der Waals surface area contributed by atoms with Gasteiger partial charge < -0.3 is 14.8 Å². The van der Waals surface area contributed by atoms with E-state index in [2.05, 4.69) is 12.2 Å². The molecule has 1 heterocycles. The maximum atomic E-state index is 11.9. The zero-order valence-electron chi connectivity index (χ0n) is 14.7. The summed E-state index contributed by atoms with van der Waals surface area (Å²) in [4.78, 5) is 11.9. The number of hydrogen-bond donors (Lipinski definition) is 1. The van der Waals surface area contributed by atoms with Crippen LogP contribution in [0.4, 0.5) is 0 Å². The van der Waals surface area contributed by atoms with Gasteiger partial charge in [0.25, 0.3) is 5.91 Å². The highest BCUT2D eigenvalue weighted by Crippen LogP contribution is 2.20. The fraction of sp³-hybridized carbons (Fsp3) is 0.611. The topological polar surface area (TPSA) is 81.7 Å². The van der Waals surface area contributed by atoms with Gasteiger partial charge in [-0.15, -0.1) is 0 Å². The van der Waals surface area contributed by atoms with Crippen molar-refractivity contribution in [2.75, 3.05) is 24.7 Å². The molecule has 7 heteroatoms. The molecular weight excluding hydrogens is 342 g/mol. The number of carbonyl (C=O) groups is 1. The average molecular weight is 369 g/mol. The van der Waals surface area contributed by atoms with Gasteiger partial charge in [-0.25, -0.2) is 8.42 Å². The Morgan fingerprint density at radius 1 is 1.20 bits per heavy atom. The smallest absolute Gasteiger partial charge is 0.258 e. The fourth-order valence-electron chi connectivity index (χ4n) is 2.70. The predicted octanol–water partition coefficient (Wildman–Crippen LogP) is 2.33. The molecule has 0 aliphatic carbocycles. The Bertz CT molecular complexity index is 659. The lowest BCUT2D eigenvalue weighted by Gasteiger charge is -2.12. The molecule has 0 aromatic heterocycles. The summed E-state index contributed by atoms with van der Waals surface area (Å²) in [5.41, 5.74) is 0. The second-order valence-corrected chi connectivity index (χ2v) is 8.57. The third-order valence-corrected chi connectivity index (χ3v) is 5.81. The van der Waals surface area contributed by atoms with Crippen LogP contribution in [0.2, 0.25) is 0 Å². The molecule has 1 saturated heterocycles. The molecule has 140 valence electrons. The number of sulfone groups is 1. The van der Waals surface area contributed by atoms with Gasteiger partial charge in [0.2, 0.25) is 0 Å². The molecule has 1 aliphatic rings. The van der Waals surface area contributed by atoms with Crippen molar-refractivity contribution in [3.63, 3.8) is 0 Å². The first-order valence-electron chi connectivity index (χ1n) is 8.84. The minimum absolute atomic E-state index is 0.0140. The molecule has 1 atom stereocenters. The number of amides is 1. The van der Waals surface area contributed by atoms with Crippen molar-refractivity contribution < 1.29 is 22.7 Å². The second kappa shape index (κ2) is 9.65. The summed E-state index contributed by atoms with van der Waals surface area (Å²) in [6.45, 7) is 2.69. The minimum atomic E-state index is -3.00. The van der Waals surface area contributed by atoms with Gasteiger partial charge in [-0.05, 0) is 25.0 Å². The third-order valence-electron chi connectivity index (χ3n) is 4.04. The zero-order chi connectivity index (χ0) is 18.1. The maximum absolute atomic E-state index is 11.9. The standard InChI is InChI=1S/C18H27NO5S/c1-2-3-4-5-10-23-16-7-6-8-17(12-16)24-13-18(20)19-15-9-11-25(21,22)14-15/h6-8,12,15H,2-5,9-11,13-14H2,1H3,(H,19,20). The first-order chi connectivity index (χ1) is 12.0. The van der Waals surface area contributed by atoms with Gasteiger partial charge in [0.05, 0.1) is 18.1 Å². The zero-order valence-corrected chi connectivity index (χ0v) is 15.5. The largest absolute Gasteiger partial charge is 0.493 e. The van der Waals surface area contributed by atoms with Gasteiger partial charge in [-0.3, -0.25) is 4.79 Å². The number of unbranched alkanes of at least 4 members (excludes halogenated alkanes) is 3. The number of benzene rings is 1. The van der Waals surface area contributed by atoms with Crippen LogP contribution in [0.15, 0.2) is 24.3 Å². The number of ether oxygens (including phenoxy) is 2. The van der Waals surface area contributed by atoms with Gasteiger partial charge in [-0.2, -0.15) is 0 Å². The van der Waals surface area contributed by atoms with Gasteiger partial charge in [0.1, 0.15) is 11.5 Å². The second-order valence-electron chi connectivity index (χ2n) is 6.34. The van der Waals surface area contributed by atoms with E-state index in [1.54, 1.807) is 12.1 Å². The normalized spacial score (nSPS) is 18.7. The summed E-state index contributed by atoms with van der Waals surface area (Å²) in [5, 5.41) is 2.70. The van der Waals surface area contributed by atoms with E-state index in [0.717, 1.165) is 18.6 Å². The van der Waals surface area contributed by atoms with Crippen LogP contribution < -0.4 is 14.8 Å². The van der Waals surface area contributed by atoms with E-state index in [0.29, 0.717) is 18.8 Å². The molecule has 1 N–H and O–H groups in total. The molecular formula is C18H27NO5S. The Hall–Kier alpha value is -1.76. The molecule has 1 unspecified atom stereocenters. The van der Waals surface area contributed by atoms with Gasteiger partial charge in [0.15, 0.2) is 16.4 Å². The fourth-order valence-corrected chi connectivity index (χ4v) is 4.37. The number of nitrogens with one attached hydrogen (secondary N) is 1. The van der Waals surface area contributed by atoms with Crippen molar-refractivity contribution in [2.45, 2.75) is 45.1 Å². The third kappa shape index (κ3) is 7.34. The molecule has 0 bridgehead atoms. The van der Waals surface area contributed by atoms with Crippen LogP contribution in [0, 0.1) is 0 Å². The SMILES string of the molecule is CCCCCCOc1cccc(OCC(=O)NC2CCS(=O)(=O)C2)c1. The van der Waals surface area contributed by atoms with E-state index in [4.69, 9.17) is 9.47 Å². The van der Waals surface area contributed by atoms with Gasteiger partial charge >= 0.3 is 0 Å². The lowest BCUT2D eigenvalue weighted by atomic mass is 10.2. The van der Waals surface area contributed by atoms with Crippen molar-refractivity contribution in [2.24, 2.45) is 0 Å². The van der Waals surface area contributed by atoms with Crippen molar-refractivity contribution in [3.05, 3.63) is 24.3 Å². The maximum Gasteiger partial charge on any atom is 0.258 e. The predicted molar refractivity (Wildman–Crippen MR) is 96.8 cm³/mol. The molecule has 1 aromatic carbocycles. The molecule has 1 aromatic rings. The summed E-state index contributed by atoms with van der Waals surface area (Å²) in [6, 6.07) is 6.89. The number of hydrogen-bond acceptors (Lipinski definition) is 5. The molecule has 1 fully saturated rings. The summed E-state index contributed by atoms with van der Waals surface area (Å²) in [7, 11) is -3.00. The average Bonchev–Trinajstić information content (AvgIpc) is 2.92.